The number of hydrogen-bond donors (Lipinski definition) is 1. The van der Waals surface area contributed by atoms with E-state index in [-0.39, 0.29) is 11.8 Å². The van der Waals surface area contributed by atoms with Crippen LogP contribution in [0.25, 0.3) is 0 Å². The molecule has 1 saturated heterocycles. The summed E-state index contributed by atoms with van der Waals surface area (Å²) >= 11 is 0. The van der Waals surface area contributed by atoms with E-state index in [4.69, 9.17) is 4.42 Å². The van der Waals surface area contributed by atoms with Crippen LogP contribution in [0.1, 0.15) is 20.9 Å². The van der Waals surface area contributed by atoms with Crippen molar-refractivity contribution in [1.82, 2.24) is 14.8 Å². The number of nitrogens with zero attached hydrogens (tertiary/aromatic N) is 2. The summed E-state index contributed by atoms with van der Waals surface area (Å²) in [7, 11) is 0. The summed E-state index contributed by atoms with van der Waals surface area (Å²) in [6.07, 6.45) is 4.89. The van der Waals surface area contributed by atoms with Crippen LogP contribution < -0.4 is 0 Å². The lowest BCUT2D eigenvalue weighted by atomic mass is 10.2. The van der Waals surface area contributed by atoms with Gasteiger partial charge in [-0.15, -0.1) is 0 Å². The first-order chi connectivity index (χ1) is 9.75. The standard InChI is InChI=1S/C14H15N3O3/c18-13(11-3-4-15-10-11)16-5-7-17(8-6-16)14(19)12-2-1-9-20-12/h1-4,9-10,15H,5-8H2. The topological polar surface area (TPSA) is 69.6 Å². The highest BCUT2D eigenvalue weighted by molar-refractivity contribution is 5.94. The highest BCUT2D eigenvalue weighted by atomic mass is 16.3. The molecule has 6 heteroatoms. The first-order valence-electron chi connectivity index (χ1n) is 6.50. The van der Waals surface area contributed by atoms with E-state index >= 15 is 0 Å². The van der Waals surface area contributed by atoms with E-state index in [0.717, 1.165) is 0 Å². The van der Waals surface area contributed by atoms with E-state index in [2.05, 4.69) is 4.98 Å². The maximum absolute atomic E-state index is 12.1. The lowest BCUT2D eigenvalue weighted by molar-refractivity contribution is 0.0518. The van der Waals surface area contributed by atoms with Crippen molar-refractivity contribution in [2.45, 2.75) is 0 Å². The van der Waals surface area contributed by atoms with E-state index < -0.39 is 0 Å². The Bertz CT molecular complexity index is 527. The van der Waals surface area contributed by atoms with Crippen LogP contribution in [0.15, 0.2) is 41.3 Å². The van der Waals surface area contributed by atoms with Crippen molar-refractivity contribution in [3.8, 4) is 0 Å². The minimum atomic E-state index is -0.122. The fourth-order valence-electron chi connectivity index (χ4n) is 2.31. The number of H-pyrrole nitrogens is 1. The highest BCUT2D eigenvalue weighted by Gasteiger charge is 2.26. The smallest absolute Gasteiger partial charge is 0.289 e. The summed E-state index contributed by atoms with van der Waals surface area (Å²) in [6, 6.07) is 5.10. The molecule has 0 unspecified atom stereocenters. The first kappa shape index (κ1) is 12.5. The molecule has 1 N–H and O–H groups in total. The van der Waals surface area contributed by atoms with Crippen molar-refractivity contribution >= 4 is 11.8 Å². The van der Waals surface area contributed by atoms with E-state index in [0.29, 0.717) is 37.5 Å². The molecular formula is C14H15N3O3. The van der Waals surface area contributed by atoms with Gasteiger partial charge in [0.15, 0.2) is 5.76 Å². The van der Waals surface area contributed by atoms with Gasteiger partial charge in [-0.2, -0.15) is 0 Å². The van der Waals surface area contributed by atoms with E-state index in [1.165, 1.54) is 6.26 Å². The van der Waals surface area contributed by atoms with Crippen LogP contribution in [0.5, 0.6) is 0 Å². The summed E-state index contributed by atoms with van der Waals surface area (Å²) in [6.45, 7) is 2.12. The molecule has 0 aromatic carbocycles. The largest absolute Gasteiger partial charge is 0.459 e. The van der Waals surface area contributed by atoms with Gasteiger partial charge in [0.2, 0.25) is 0 Å². The lowest BCUT2D eigenvalue weighted by Gasteiger charge is -2.34. The monoisotopic (exact) mass is 273 g/mol. The van der Waals surface area contributed by atoms with Crippen LogP contribution in [0.2, 0.25) is 0 Å². The van der Waals surface area contributed by atoms with Gasteiger partial charge in [0, 0.05) is 38.6 Å². The summed E-state index contributed by atoms with van der Waals surface area (Å²) in [5.74, 6) is 0.218. The molecule has 2 amide bonds. The van der Waals surface area contributed by atoms with Crippen LogP contribution in [0.4, 0.5) is 0 Å². The number of aromatic nitrogens is 1. The summed E-state index contributed by atoms with van der Waals surface area (Å²) < 4.78 is 5.11. The normalized spacial score (nSPS) is 15.4. The van der Waals surface area contributed by atoms with Crippen molar-refractivity contribution in [3.63, 3.8) is 0 Å². The van der Waals surface area contributed by atoms with E-state index in [1.807, 2.05) is 0 Å². The Morgan fingerprint density at radius 3 is 2.30 bits per heavy atom. The van der Waals surface area contributed by atoms with Crippen LogP contribution in [-0.2, 0) is 0 Å². The molecule has 0 saturated carbocycles. The molecule has 20 heavy (non-hydrogen) atoms. The number of rotatable bonds is 2. The summed E-state index contributed by atoms with van der Waals surface area (Å²) in [5.41, 5.74) is 0.649. The molecular weight excluding hydrogens is 258 g/mol. The molecule has 1 aliphatic heterocycles. The molecule has 0 radical (unpaired) electrons. The number of carbonyl (C=O) groups is 2. The van der Waals surface area contributed by atoms with Gasteiger partial charge in [0.25, 0.3) is 11.8 Å². The van der Waals surface area contributed by atoms with Crippen molar-refractivity contribution in [2.24, 2.45) is 0 Å². The van der Waals surface area contributed by atoms with Crippen molar-refractivity contribution < 1.29 is 14.0 Å². The Morgan fingerprint density at radius 2 is 1.75 bits per heavy atom. The van der Waals surface area contributed by atoms with Gasteiger partial charge in [-0.05, 0) is 18.2 Å². The number of nitrogens with one attached hydrogen (secondary N) is 1. The Kier molecular flexibility index (Phi) is 3.28. The number of amides is 2. The third kappa shape index (κ3) is 2.32. The zero-order chi connectivity index (χ0) is 13.9. The third-order valence-electron chi connectivity index (χ3n) is 3.43. The predicted molar refractivity (Wildman–Crippen MR) is 71.3 cm³/mol. The molecule has 2 aromatic heterocycles. The van der Waals surface area contributed by atoms with Gasteiger partial charge in [-0.3, -0.25) is 9.59 Å². The van der Waals surface area contributed by atoms with Gasteiger partial charge in [-0.25, -0.2) is 0 Å². The van der Waals surface area contributed by atoms with E-state index in [9.17, 15) is 9.59 Å². The fourth-order valence-corrected chi connectivity index (χ4v) is 2.31. The van der Waals surface area contributed by atoms with Gasteiger partial charge >= 0.3 is 0 Å². The van der Waals surface area contributed by atoms with Crippen molar-refractivity contribution in [3.05, 3.63) is 48.2 Å². The van der Waals surface area contributed by atoms with Crippen molar-refractivity contribution in [1.29, 1.82) is 0 Å². The molecule has 104 valence electrons. The average molecular weight is 273 g/mol. The maximum Gasteiger partial charge on any atom is 0.289 e. The number of hydrogen-bond acceptors (Lipinski definition) is 3. The molecule has 3 heterocycles. The third-order valence-corrected chi connectivity index (χ3v) is 3.43. The number of furan rings is 1. The molecule has 2 aromatic rings. The Balaban J connectivity index is 1.60. The molecule has 0 bridgehead atoms. The van der Waals surface area contributed by atoms with Crippen molar-refractivity contribution in [2.75, 3.05) is 26.2 Å². The SMILES string of the molecule is O=C(c1cc[nH]c1)N1CCN(C(=O)c2ccco2)CC1. The first-order valence-corrected chi connectivity index (χ1v) is 6.50. The second kappa shape index (κ2) is 5.24. The summed E-state index contributed by atoms with van der Waals surface area (Å²) in [4.78, 5) is 30.6. The second-order valence-electron chi connectivity index (χ2n) is 4.66. The average Bonchev–Trinajstić information content (AvgIpc) is 3.18. The number of carbonyl (C=O) groups excluding carboxylic acids is 2. The van der Waals surface area contributed by atoms with E-state index in [1.54, 1.807) is 40.4 Å². The maximum atomic E-state index is 12.1. The van der Waals surface area contributed by atoms with Gasteiger partial charge in [-0.1, -0.05) is 0 Å². The van der Waals surface area contributed by atoms with Crippen LogP contribution >= 0.6 is 0 Å². The zero-order valence-corrected chi connectivity index (χ0v) is 10.9. The molecule has 6 nitrogen and oxygen atoms in total. The number of aromatic amines is 1. The highest BCUT2D eigenvalue weighted by Crippen LogP contribution is 2.11. The van der Waals surface area contributed by atoms with Gasteiger partial charge in [0.05, 0.1) is 11.8 Å². The van der Waals surface area contributed by atoms with Gasteiger partial charge < -0.3 is 19.2 Å². The Labute approximate surface area is 116 Å². The predicted octanol–water partition coefficient (Wildman–Crippen LogP) is 1.21. The molecule has 1 fully saturated rings. The zero-order valence-electron chi connectivity index (χ0n) is 10.9. The van der Waals surface area contributed by atoms with Crippen LogP contribution in [0, 0.1) is 0 Å². The molecule has 1 aliphatic rings. The molecule has 0 atom stereocenters. The molecule has 0 spiro atoms. The Morgan fingerprint density at radius 1 is 1.05 bits per heavy atom. The van der Waals surface area contributed by atoms with Crippen LogP contribution in [0.3, 0.4) is 0 Å². The fraction of sp³-hybridized carbons (Fsp3) is 0.286. The minimum Gasteiger partial charge on any atom is -0.459 e. The van der Waals surface area contributed by atoms with Crippen LogP contribution in [-0.4, -0.2) is 52.8 Å². The second-order valence-corrected chi connectivity index (χ2v) is 4.66. The minimum absolute atomic E-state index is 0.00338. The lowest BCUT2D eigenvalue weighted by Crippen LogP contribution is -2.50. The quantitative estimate of drug-likeness (QED) is 0.894. The molecule has 0 aliphatic carbocycles. The van der Waals surface area contributed by atoms with Gasteiger partial charge in [0.1, 0.15) is 0 Å². The Hall–Kier alpha value is -2.50. The molecule has 3 rings (SSSR count). The summed E-state index contributed by atoms with van der Waals surface area (Å²) in [5, 5.41) is 0. The number of piperazine rings is 1.